The van der Waals surface area contributed by atoms with Crippen LogP contribution in [0.15, 0.2) is 53.9 Å². The molecule has 2 atom stereocenters. The number of carbonyl (C=O) groups excluding carboxylic acids is 3. The lowest BCUT2D eigenvalue weighted by Crippen LogP contribution is -2.38. The highest BCUT2D eigenvalue weighted by atomic mass is 31.0. The van der Waals surface area contributed by atoms with Gasteiger partial charge in [0.1, 0.15) is 11.3 Å². The quantitative estimate of drug-likeness (QED) is 0.356. The Labute approximate surface area is 197 Å². The Balaban J connectivity index is 2.22. The van der Waals surface area contributed by atoms with Gasteiger partial charge in [0.2, 0.25) is 0 Å². The molecule has 33 heavy (non-hydrogen) atoms. The number of amides is 3. The molecule has 1 aliphatic heterocycles. The van der Waals surface area contributed by atoms with Crippen molar-refractivity contribution in [3.63, 3.8) is 0 Å². The molecule has 0 saturated carbocycles. The van der Waals surface area contributed by atoms with Crippen molar-refractivity contribution in [1.82, 2.24) is 20.6 Å². The third-order valence-electron chi connectivity index (χ3n) is 4.69. The molecule has 0 spiro atoms. The Morgan fingerprint density at radius 3 is 2.58 bits per heavy atom. The maximum absolute atomic E-state index is 13.3. The summed E-state index contributed by atoms with van der Waals surface area (Å²) in [5.74, 6) is -0.833. The molecule has 180 valence electrons. The van der Waals surface area contributed by atoms with Crippen molar-refractivity contribution in [1.29, 1.82) is 0 Å². The second-order valence-electron chi connectivity index (χ2n) is 8.51. The second kappa shape index (κ2) is 11.8. The molecule has 0 fully saturated rings. The van der Waals surface area contributed by atoms with Gasteiger partial charge in [0.25, 0.3) is 11.8 Å². The molecule has 1 aliphatic rings. The Morgan fingerprint density at radius 2 is 1.97 bits per heavy atom. The van der Waals surface area contributed by atoms with Crippen molar-refractivity contribution in [2.45, 2.75) is 32.0 Å². The van der Waals surface area contributed by atoms with Gasteiger partial charge in [-0.05, 0) is 32.4 Å². The number of hydroxylamine groups is 2. The van der Waals surface area contributed by atoms with Gasteiger partial charge in [-0.2, -0.15) is 0 Å². The van der Waals surface area contributed by atoms with Gasteiger partial charge >= 0.3 is 6.09 Å². The van der Waals surface area contributed by atoms with E-state index in [1.165, 1.54) is 20.2 Å². The molecule has 2 N–H and O–H groups in total. The summed E-state index contributed by atoms with van der Waals surface area (Å²) in [7, 11) is 5.57. The first-order chi connectivity index (χ1) is 15.5. The lowest BCUT2D eigenvalue weighted by Gasteiger charge is -2.24. The standard InChI is InChI=1S/C23H33N4O5P/c1-23(2,3)32-22(30)24-14-17-11-12-27(15-19(33)16-9-7-6-8-10-16)21(29)18(25-17)13-20(28)26(4)31-5/h6-11,13,19,25H,12,14-15,33H2,1-5H3,(H,24,30)/b18-13+. The number of nitrogens with zero attached hydrogens (tertiary/aromatic N) is 2. The molecular weight excluding hydrogens is 443 g/mol. The fourth-order valence-corrected chi connectivity index (χ4v) is 3.43. The van der Waals surface area contributed by atoms with Crippen molar-refractivity contribution in [2.24, 2.45) is 0 Å². The first-order valence-corrected chi connectivity index (χ1v) is 11.2. The van der Waals surface area contributed by atoms with Crippen LogP contribution >= 0.6 is 9.24 Å². The van der Waals surface area contributed by atoms with Gasteiger partial charge in [-0.25, -0.2) is 9.86 Å². The van der Waals surface area contributed by atoms with E-state index in [4.69, 9.17) is 9.57 Å². The fraction of sp³-hybridized carbons (Fsp3) is 0.435. The van der Waals surface area contributed by atoms with Gasteiger partial charge in [0, 0.05) is 37.6 Å². The van der Waals surface area contributed by atoms with E-state index in [2.05, 4.69) is 19.9 Å². The highest BCUT2D eigenvalue weighted by Gasteiger charge is 2.26. The SMILES string of the molecule is CON(C)C(=O)/C=C1/NC(CNC(=O)OC(C)(C)C)=CCN(CC(P)c2ccccc2)C1=O. The van der Waals surface area contributed by atoms with E-state index in [1.54, 1.807) is 25.7 Å². The molecule has 0 radical (unpaired) electrons. The first kappa shape index (κ1) is 26.4. The predicted octanol–water partition coefficient (Wildman–Crippen LogP) is 2.35. The topological polar surface area (TPSA) is 100 Å². The number of alkyl carbamates (subject to hydrolysis) is 1. The molecule has 9 nitrogen and oxygen atoms in total. The zero-order valence-corrected chi connectivity index (χ0v) is 20.9. The number of likely N-dealkylation sites (N-methyl/N-ethyl adjacent to an activating group) is 1. The third-order valence-corrected chi connectivity index (χ3v) is 5.29. The van der Waals surface area contributed by atoms with Gasteiger partial charge < -0.3 is 20.3 Å². The number of rotatable bonds is 7. The van der Waals surface area contributed by atoms with Gasteiger partial charge in [-0.1, -0.05) is 30.3 Å². The zero-order chi connectivity index (χ0) is 24.6. The number of hydrogen-bond acceptors (Lipinski definition) is 6. The summed E-state index contributed by atoms with van der Waals surface area (Å²) in [6.07, 6.45) is 2.42. The van der Waals surface area contributed by atoms with E-state index in [-0.39, 0.29) is 23.8 Å². The van der Waals surface area contributed by atoms with Gasteiger partial charge in [-0.3, -0.25) is 14.4 Å². The van der Waals surface area contributed by atoms with Crippen LogP contribution in [0.4, 0.5) is 4.79 Å². The van der Waals surface area contributed by atoms with Crippen molar-refractivity contribution in [3.05, 3.63) is 59.4 Å². The van der Waals surface area contributed by atoms with Crippen LogP contribution in [-0.2, 0) is 19.2 Å². The molecule has 10 heteroatoms. The Morgan fingerprint density at radius 1 is 1.30 bits per heavy atom. The van der Waals surface area contributed by atoms with Crippen molar-refractivity contribution in [3.8, 4) is 0 Å². The maximum Gasteiger partial charge on any atom is 0.407 e. The Kier molecular flexibility index (Phi) is 9.44. The minimum atomic E-state index is -0.629. The number of ether oxygens (including phenoxy) is 1. The summed E-state index contributed by atoms with van der Waals surface area (Å²) in [5.41, 5.74) is 1.10. The largest absolute Gasteiger partial charge is 0.444 e. The Hall–Kier alpha value is -2.90. The van der Waals surface area contributed by atoms with E-state index in [9.17, 15) is 14.4 Å². The molecule has 0 aliphatic carbocycles. The number of carbonyl (C=O) groups is 3. The van der Waals surface area contributed by atoms with Crippen LogP contribution in [-0.4, -0.2) is 67.3 Å². The first-order valence-electron chi connectivity index (χ1n) is 10.6. The molecule has 1 aromatic carbocycles. The van der Waals surface area contributed by atoms with Crippen molar-refractivity contribution < 1.29 is 24.0 Å². The molecule has 1 heterocycles. The van der Waals surface area contributed by atoms with E-state index >= 15 is 0 Å². The normalized spacial score (nSPS) is 16.4. The summed E-state index contributed by atoms with van der Waals surface area (Å²) in [6, 6.07) is 9.83. The van der Waals surface area contributed by atoms with Crippen LogP contribution < -0.4 is 10.6 Å². The summed E-state index contributed by atoms with van der Waals surface area (Å²) >= 11 is 0. The molecule has 2 rings (SSSR count). The van der Waals surface area contributed by atoms with Gasteiger partial charge in [0.05, 0.1) is 13.7 Å². The lowest BCUT2D eigenvalue weighted by molar-refractivity contribution is -0.162. The monoisotopic (exact) mass is 476 g/mol. The maximum atomic E-state index is 13.3. The van der Waals surface area contributed by atoms with Gasteiger partial charge in [-0.15, -0.1) is 9.24 Å². The smallest absolute Gasteiger partial charge is 0.407 e. The number of hydrogen-bond donors (Lipinski definition) is 2. The van der Waals surface area contributed by atoms with Crippen LogP contribution in [0.5, 0.6) is 0 Å². The highest BCUT2D eigenvalue weighted by molar-refractivity contribution is 7.17. The van der Waals surface area contributed by atoms with E-state index in [1.807, 2.05) is 36.4 Å². The zero-order valence-electron chi connectivity index (χ0n) is 19.8. The summed E-state index contributed by atoms with van der Waals surface area (Å²) in [5, 5.41) is 6.67. The predicted molar refractivity (Wildman–Crippen MR) is 129 cm³/mol. The van der Waals surface area contributed by atoms with Crippen LogP contribution in [0.25, 0.3) is 0 Å². The van der Waals surface area contributed by atoms with Crippen LogP contribution in [0.2, 0.25) is 0 Å². The molecule has 0 aromatic heterocycles. The lowest BCUT2D eigenvalue weighted by atomic mass is 10.1. The second-order valence-corrected chi connectivity index (χ2v) is 9.32. The molecule has 0 saturated heterocycles. The minimum Gasteiger partial charge on any atom is -0.444 e. The van der Waals surface area contributed by atoms with Crippen LogP contribution in [0, 0.1) is 0 Å². The average Bonchev–Trinajstić information content (AvgIpc) is 2.90. The number of benzene rings is 1. The highest BCUT2D eigenvalue weighted by Crippen LogP contribution is 2.25. The van der Waals surface area contributed by atoms with E-state index < -0.39 is 17.6 Å². The molecule has 3 amide bonds. The molecular formula is C23H33N4O5P. The van der Waals surface area contributed by atoms with Crippen molar-refractivity contribution in [2.75, 3.05) is 33.8 Å². The molecule has 2 unspecified atom stereocenters. The van der Waals surface area contributed by atoms with Crippen molar-refractivity contribution >= 4 is 27.1 Å². The molecule has 0 bridgehead atoms. The third kappa shape index (κ3) is 8.51. The van der Waals surface area contributed by atoms with Gasteiger partial charge in [0.15, 0.2) is 0 Å². The van der Waals surface area contributed by atoms with Crippen LogP contribution in [0.1, 0.15) is 32.0 Å². The average molecular weight is 477 g/mol. The Bertz CT molecular complexity index is 911. The van der Waals surface area contributed by atoms with E-state index in [0.29, 0.717) is 18.8 Å². The minimum absolute atomic E-state index is 0.00332. The fourth-order valence-electron chi connectivity index (χ4n) is 2.95. The summed E-state index contributed by atoms with van der Waals surface area (Å²) in [4.78, 5) is 44.2. The number of nitrogens with one attached hydrogen (secondary N) is 2. The molecule has 1 aromatic rings. The van der Waals surface area contributed by atoms with E-state index in [0.717, 1.165) is 10.6 Å². The summed E-state index contributed by atoms with van der Waals surface area (Å²) in [6.45, 7) is 6.15. The van der Waals surface area contributed by atoms with Crippen LogP contribution in [0.3, 0.4) is 0 Å². The summed E-state index contributed by atoms with van der Waals surface area (Å²) < 4.78 is 5.26.